The van der Waals surface area contributed by atoms with Crippen LogP contribution in [0.2, 0.25) is 0 Å². The second-order valence-electron chi connectivity index (χ2n) is 5.92. The minimum absolute atomic E-state index is 0. The van der Waals surface area contributed by atoms with Crippen LogP contribution in [-0.4, -0.2) is 37.0 Å². The lowest BCUT2D eigenvalue weighted by Crippen LogP contribution is -2.48. The number of anilines is 1. The highest BCUT2D eigenvalue weighted by Gasteiger charge is 2.26. The van der Waals surface area contributed by atoms with E-state index in [2.05, 4.69) is 10.6 Å². The summed E-state index contributed by atoms with van der Waals surface area (Å²) in [5.74, 6) is -2.12. The number of carbonyl (C=O) groups is 1. The lowest BCUT2D eigenvalue weighted by Gasteiger charge is -2.36. The molecule has 2 N–H and O–H groups in total. The van der Waals surface area contributed by atoms with Gasteiger partial charge in [-0.15, -0.1) is 12.4 Å². The van der Waals surface area contributed by atoms with E-state index in [0.29, 0.717) is 19.6 Å². The zero-order valence-corrected chi connectivity index (χ0v) is 14.7. The molecule has 2 aromatic carbocycles. The topological polar surface area (TPSA) is 44.4 Å². The molecule has 8 heteroatoms. The molecule has 1 aliphatic rings. The molecule has 0 bridgehead atoms. The van der Waals surface area contributed by atoms with Gasteiger partial charge in [-0.3, -0.25) is 9.69 Å². The number of amides is 1. The van der Waals surface area contributed by atoms with Crippen molar-refractivity contribution in [2.45, 2.75) is 6.04 Å². The average Bonchev–Trinajstić information content (AvgIpc) is 2.58. The molecule has 4 nitrogen and oxygen atoms in total. The van der Waals surface area contributed by atoms with Crippen LogP contribution in [0, 0.1) is 17.5 Å². The van der Waals surface area contributed by atoms with Crippen molar-refractivity contribution in [1.82, 2.24) is 10.2 Å². The molecule has 1 fully saturated rings. The van der Waals surface area contributed by atoms with Crippen LogP contribution in [0.15, 0.2) is 42.5 Å². The molecule has 1 amide bonds. The zero-order chi connectivity index (χ0) is 17.8. The minimum Gasteiger partial charge on any atom is -0.322 e. The predicted octanol–water partition coefficient (Wildman–Crippen LogP) is 3.11. The van der Waals surface area contributed by atoms with E-state index in [1.165, 1.54) is 12.1 Å². The van der Waals surface area contributed by atoms with E-state index < -0.39 is 17.5 Å². The third-order valence-electron chi connectivity index (χ3n) is 4.14. The maximum absolute atomic E-state index is 13.6. The summed E-state index contributed by atoms with van der Waals surface area (Å²) in [4.78, 5) is 14.1. The van der Waals surface area contributed by atoms with Gasteiger partial charge >= 0.3 is 0 Å². The van der Waals surface area contributed by atoms with Gasteiger partial charge in [-0.25, -0.2) is 13.2 Å². The van der Waals surface area contributed by atoms with Crippen molar-refractivity contribution in [1.29, 1.82) is 0 Å². The third-order valence-corrected chi connectivity index (χ3v) is 4.14. The lowest BCUT2D eigenvalue weighted by molar-refractivity contribution is -0.118. The van der Waals surface area contributed by atoms with Crippen LogP contribution in [0.25, 0.3) is 0 Å². The Balaban J connectivity index is 0.00000243. The summed E-state index contributed by atoms with van der Waals surface area (Å²) in [6.45, 7) is 1.84. The zero-order valence-electron chi connectivity index (χ0n) is 13.8. The molecule has 1 atom stereocenters. The fourth-order valence-corrected chi connectivity index (χ4v) is 2.95. The van der Waals surface area contributed by atoms with E-state index in [9.17, 15) is 18.0 Å². The van der Waals surface area contributed by atoms with Crippen LogP contribution in [0.1, 0.15) is 11.6 Å². The van der Waals surface area contributed by atoms with Crippen molar-refractivity contribution < 1.29 is 18.0 Å². The Labute approximate surface area is 155 Å². The van der Waals surface area contributed by atoms with E-state index in [1.807, 2.05) is 4.90 Å². The second kappa shape index (κ2) is 9.02. The molecule has 0 radical (unpaired) electrons. The van der Waals surface area contributed by atoms with Crippen molar-refractivity contribution in [3.63, 3.8) is 0 Å². The predicted molar refractivity (Wildman–Crippen MR) is 95.8 cm³/mol. The number of nitrogens with zero attached hydrogens (tertiary/aromatic N) is 1. The van der Waals surface area contributed by atoms with Crippen LogP contribution in [0.5, 0.6) is 0 Å². The summed E-state index contributed by atoms with van der Waals surface area (Å²) >= 11 is 0. The largest absolute Gasteiger partial charge is 0.322 e. The molecule has 1 heterocycles. The van der Waals surface area contributed by atoms with Crippen molar-refractivity contribution in [3.05, 3.63) is 65.5 Å². The monoisotopic (exact) mass is 385 g/mol. The van der Waals surface area contributed by atoms with Crippen molar-refractivity contribution >= 4 is 24.0 Å². The Morgan fingerprint density at radius 3 is 2.69 bits per heavy atom. The van der Waals surface area contributed by atoms with E-state index >= 15 is 0 Å². The summed E-state index contributed by atoms with van der Waals surface area (Å²) < 4.78 is 40.3. The van der Waals surface area contributed by atoms with Gasteiger partial charge in [0, 0.05) is 31.7 Å². The van der Waals surface area contributed by atoms with E-state index in [1.54, 1.807) is 12.1 Å². The molecule has 3 rings (SSSR count). The maximum Gasteiger partial charge on any atom is 0.238 e. The van der Waals surface area contributed by atoms with Crippen molar-refractivity contribution in [3.8, 4) is 0 Å². The van der Waals surface area contributed by atoms with Crippen LogP contribution >= 0.6 is 12.4 Å². The Morgan fingerprint density at radius 2 is 1.92 bits per heavy atom. The Bertz CT molecular complexity index is 775. The highest BCUT2D eigenvalue weighted by atomic mass is 35.5. The van der Waals surface area contributed by atoms with Gasteiger partial charge in [-0.2, -0.15) is 0 Å². The number of piperazine rings is 1. The Kier molecular flexibility index (Phi) is 7.02. The number of nitrogens with one attached hydrogen (secondary N) is 2. The first-order valence-corrected chi connectivity index (χ1v) is 7.98. The van der Waals surface area contributed by atoms with Crippen molar-refractivity contribution in [2.75, 3.05) is 31.5 Å². The lowest BCUT2D eigenvalue weighted by atomic mass is 10.0. The standard InChI is InChI=1S/C18H18F3N3O.ClH/c19-13-3-1-2-12(8-13)17-10-22-6-7-24(17)11-18(25)23-16-9-14(20)4-5-15(16)21;/h1-5,8-9,17,22H,6-7,10-11H2,(H,23,25);1H. The molecule has 0 spiro atoms. The molecule has 140 valence electrons. The van der Waals surface area contributed by atoms with E-state index in [0.717, 1.165) is 23.8 Å². The van der Waals surface area contributed by atoms with Crippen molar-refractivity contribution in [2.24, 2.45) is 0 Å². The van der Waals surface area contributed by atoms with Gasteiger partial charge in [0.1, 0.15) is 17.5 Å². The van der Waals surface area contributed by atoms with Crippen LogP contribution < -0.4 is 10.6 Å². The van der Waals surface area contributed by atoms with E-state index in [-0.39, 0.29) is 36.5 Å². The number of rotatable bonds is 4. The quantitative estimate of drug-likeness (QED) is 0.850. The number of carbonyl (C=O) groups excluding carboxylic acids is 1. The van der Waals surface area contributed by atoms with Gasteiger partial charge in [0.2, 0.25) is 5.91 Å². The molecular weight excluding hydrogens is 367 g/mol. The number of benzene rings is 2. The number of hydrogen-bond acceptors (Lipinski definition) is 3. The number of halogens is 4. The summed E-state index contributed by atoms with van der Waals surface area (Å²) in [6, 6.07) is 8.95. The summed E-state index contributed by atoms with van der Waals surface area (Å²) in [5.41, 5.74) is 0.569. The highest BCUT2D eigenvalue weighted by molar-refractivity contribution is 5.92. The Morgan fingerprint density at radius 1 is 1.15 bits per heavy atom. The van der Waals surface area contributed by atoms with Gasteiger partial charge < -0.3 is 10.6 Å². The first kappa shape index (κ1) is 20.2. The molecule has 1 aliphatic heterocycles. The van der Waals surface area contributed by atoms with Crippen LogP contribution in [0.3, 0.4) is 0 Å². The smallest absolute Gasteiger partial charge is 0.238 e. The Hall–Kier alpha value is -2.09. The van der Waals surface area contributed by atoms with Crippen LogP contribution in [0.4, 0.5) is 18.9 Å². The first-order chi connectivity index (χ1) is 12.0. The molecular formula is C18H19ClF3N3O. The van der Waals surface area contributed by atoms with Crippen LogP contribution in [-0.2, 0) is 4.79 Å². The molecule has 0 saturated carbocycles. The molecule has 26 heavy (non-hydrogen) atoms. The molecule has 1 saturated heterocycles. The highest BCUT2D eigenvalue weighted by Crippen LogP contribution is 2.23. The molecule has 2 aromatic rings. The van der Waals surface area contributed by atoms with Gasteiger partial charge in [-0.1, -0.05) is 12.1 Å². The SMILES string of the molecule is Cl.O=C(CN1CCNCC1c1cccc(F)c1)Nc1cc(F)ccc1F. The fourth-order valence-electron chi connectivity index (χ4n) is 2.95. The number of hydrogen-bond donors (Lipinski definition) is 2. The third kappa shape index (κ3) is 4.97. The average molecular weight is 386 g/mol. The minimum atomic E-state index is -0.697. The second-order valence-corrected chi connectivity index (χ2v) is 5.92. The van der Waals surface area contributed by atoms with Gasteiger partial charge in [-0.05, 0) is 29.8 Å². The summed E-state index contributed by atoms with van der Waals surface area (Å²) in [5, 5.41) is 5.61. The first-order valence-electron chi connectivity index (χ1n) is 7.98. The van der Waals surface area contributed by atoms with Gasteiger partial charge in [0.25, 0.3) is 0 Å². The normalized spacial score (nSPS) is 17.4. The summed E-state index contributed by atoms with van der Waals surface area (Å²) in [7, 11) is 0. The van der Waals surface area contributed by atoms with Gasteiger partial charge in [0.05, 0.1) is 12.2 Å². The maximum atomic E-state index is 13.6. The van der Waals surface area contributed by atoms with Gasteiger partial charge in [0.15, 0.2) is 0 Å². The van der Waals surface area contributed by atoms with E-state index in [4.69, 9.17) is 0 Å². The summed E-state index contributed by atoms with van der Waals surface area (Å²) in [6.07, 6.45) is 0. The fraction of sp³-hybridized carbons (Fsp3) is 0.278. The molecule has 1 unspecified atom stereocenters. The molecule has 0 aliphatic carbocycles. The molecule has 0 aromatic heterocycles.